The molecule has 3 heterocycles. The molecule has 0 unspecified atom stereocenters. The molecule has 0 aromatic carbocycles. The van der Waals surface area contributed by atoms with Gasteiger partial charge in [-0.05, 0) is 12.1 Å². The van der Waals surface area contributed by atoms with Crippen molar-refractivity contribution in [1.29, 1.82) is 0 Å². The summed E-state index contributed by atoms with van der Waals surface area (Å²) < 4.78 is 11.6. The summed E-state index contributed by atoms with van der Waals surface area (Å²) in [6.07, 6.45) is 1.67. The van der Waals surface area contributed by atoms with Gasteiger partial charge in [0.2, 0.25) is 5.13 Å². The molecule has 0 atom stereocenters. The highest BCUT2D eigenvalue weighted by Gasteiger charge is 2.11. The van der Waals surface area contributed by atoms with Gasteiger partial charge in [-0.15, -0.1) is 10.2 Å². The second-order valence-electron chi connectivity index (χ2n) is 4.61. The van der Waals surface area contributed by atoms with Crippen molar-refractivity contribution in [2.24, 2.45) is 0 Å². The van der Waals surface area contributed by atoms with Gasteiger partial charge in [0, 0.05) is 25.4 Å². The number of nitrogens with zero attached hydrogens (tertiary/aromatic N) is 3. The zero-order valence-electron chi connectivity index (χ0n) is 11.7. The first-order valence-electron chi connectivity index (χ1n) is 6.93. The molecule has 0 saturated carbocycles. The molecule has 3 rings (SSSR count). The molecule has 0 spiro atoms. The van der Waals surface area contributed by atoms with Crippen LogP contribution in [0.4, 0.5) is 5.13 Å². The molecular weight excluding hydrogens is 308 g/mol. The lowest BCUT2D eigenvalue weighted by molar-refractivity contribution is 0.0410. The van der Waals surface area contributed by atoms with Gasteiger partial charge in [0.05, 0.1) is 26.0 Å². The maximum Gasteiger partial charge on any atom is 0.206 e. The number of hydrogen-bond donors (Lipinski definition) is 1. The highest BCUT2D eigenvalue weighted by Crippen LogP contribution is 2.25. The molecule has 0 radical (unpaired) electrons. The van der Waals surface area contributed by atoms with E-state index in [1.54, 1.807) is 29.4 Å². The number of thioether (sulfide) groups is 1. The topological polar surface area (TPSA) is 63.4 Å². The van der Waals surface area contributed by atoms with Crippen LogP contribution >= 0.6 is 23.1 Å². The van der Waals surface area contributed by atoms with Crippen LogP contribution in [0, 0.1) is 0 Å². The standard InChI is InChI=1S/C13H18N4O2S2/c1-2-11(19-6-1)10-14-12-15-16-13(21-12)20-9-5-17-3-7-18-8-4-17/h1-2,6H,3-5,7-10H2,(H,14,15). The summed E-state index contributed by atoms with van der Waals surface area (Å²) in [5.74, 6) is 1.93. The third-order valence-corrected chi connectivity index (χ3v) is 5.13. The molecule has 0 bridgehead atoms. The number of furan rings is 1. The van der Waals surface area contributed by atoms with Crippen LogP contribution in [0.25, 0.3) is 0 Å². The molecule has 0 aliphatic carbocycles. The molecule has 1 aliphatic heterocycles. The molecule has 8 heteroatoms. The summed E-state index contributed by atoms with van der Waals surface area (Å²) in [5.41, 5.74) is 0. The molecule has 1 saturated heterocycles. The fourth-order valence-electron chi connectivity index (χ4n) is 2.00. The predicted octanol–water partition coefficient (Wildman–Crippen LogP) is 2.17. The van der Waals surface area contributed by atoms with Crippen molar-refractivity contribution in [1.82, 2.24) is 15.1 Å². The van der Waals surface area contributed by atoms with Gasteiger partial charge < -0.3 is 14.5 Å². The van der Waals surface area contributed by atoms with Gasteiger partial charge in [0.25, 0.3) is 0 Å². The lowest BCUT2D eigenvalue weighted by Crippen LogP contribution is -2.37. The highest BCUT2D eigenvalue weighted by molar-refractivity contribution is 8.01. The number of rotatable bonds is 7. The fraction of sp³-hybridized carbons (Fsp3) is 0.538. The van der Waals surface area contributed by atoms with Crippen LogP contribution in [0.5, 0.6) is 0 Å². The molecule has 6 nitrogen and oxygen atoms in total. The Morgan fingerprint density at radius 3 is 3.05 bits per heavy atom. The van der Waals surface area contributed by atoms with Gasteiger partial charge in [0.15, 0.2) is 4.34 Å². The van der Waals surface area contributed by atoms with Crippen LogP contribution < -0.4 is 5.32 Å². The van der Waals surface area contributed by atoms with E-state index in [-0.39, 0.29) is 0 Å². The molecule has 1 aliphatic rings. The summed E-state index contributed by atoms with van der Waals surface area (Å²) in [5, 5.41) is 12.4. The zero-order chi connectivity index (χ0) is 14.3. The molecule has 2 aromatic rings. The van der Waals surface area contributed by atoms with Gasteiger partial charge >= 0.3 is 0 Å². The third-order valence-electron chi connectivity index (χ3n) is 3.14. The average Bonchev–Trinajstić information content (AvgIpc) is 3.18. The number of ether oxygens (including phenoxy) is 1. The Labute approximate surface area is 131 Å². The zero-order valence-corrected chi connectivity index (χ0v) is 13.3. The minimum Gasteiger partial charge on any atom is -0.467 e. The minimum atomic E-state index is 0.639. The van der Waals surface area contributed by atoms with E-state index in [1.165, 1.54) is 0 Å². The van der Waals surface area contributed by atoms with E-state index in [9.17, 15) is 0 Å². The van der Waals surface area contributed by atoms with Crippen LogP contribution in [-0.4, -0.2) is 53.7 Å². The number of hydrogen-bond acceptors (Lipinski definition) is 8. The smallest absolute Gasteiger partial charge is 0.206 e. The van der Waals surface area contributed by atoms with Crippen molar-refractivity contribution >= 4 is 28.2 Å². The largest absolute Gasteiger partial charge is 0.467 e. The van der Waals surface area contributed by atoms with Crippen LogP contribution in [0.2, 0.25) is 0 Å². The first-order valence-corrected chi connectivity index (χ1v) is 8.73. The van der Waals surface area contributed by atoms with Gasteiger partial charge in [-0.25, -0.2) is 0 Å². The summed E-state index contributed by atoms with van der Waals surface area (Å²) in [6.45, 7) is 5.48. The van der Waals surface area contributed by atoms with Crippen molar-refractivity contribution in [3.63, 3.8) is 0 Å². The molecular formula is C13H18N4O2S2. The summed E-state index contributed by atoms with van der Waals surface area (Å²) >= 11 is 3.34. The normalized spacial score (nSPS) is 16.2. The maximum absolute atomic E-state index is 5.34. The Hall–Kier alpha value is -1.09. The van der Waals surface area contributed by atoms with E-state index in [1.807, 2.05) is 12.1 Å². The van der Waals surface area contributed by atoms with Gasteiger partial charge in [-0.2, -0.15) is 0 Å². The predicted molar refractivity (Wildman–Crippen MR) is 83.9 cm³/mol. The quantitative estimate of drug-likeness (QED) is 0.782. The van der Waals surface area contributed by atoms with Crippen molar-refractivity contribution in [3.05, 3.63) is 24.2 Å². The van der Waals surface area contributed by atoms with Gasteiger partial charge in [0.1, 0.15) is 5.76 Å². The Morgan fingerprint density at radius 1 is 1.33 bits per heavy atom. The Bertz CT molecular complexity index is 526. The van der Waals surface area contributed by atoms with Crippen molar-refractivity contribution in [2.45, 2.75) is 10.9 Å². The first kappa shape index (κ1) is 14.8. The summed E-state index contributed by atoms with van der Waals surface area (Å²) in [4.78, 5) is 2.42. The maximum atomic E-state index is 5.34. The lowest BCUT2D eigenvalue weighted by atomic mass is 10.4. The van der Waals surface area contributed by atoms with E-state index in [0.29, 0.717) is 6.54 Å². The van der Waals surface area contributed by atoms with E-state index >= 15 is 0 Å². The highest BCUT2D eigenvalue weighted by atomic mass is 32.2. The lowest BCUT2D eigenvalue weighted by Gasteiger charge is -2.25. The van der Waals surface area contributed by atoms with Gasteiger partial charge in [-0.3, -0.25) is 4.90 Å². The van der Waals surface area contributed by atoms with E-state index in [0.717, 1.165) is 53.8 Å². The number of nitrogens with one attached hydrogen (secondary N) is 1. The molecule has 2 aromatic heterocycles. The Kier molecular flexibility index (Phi) is 5.50. The monoisotopic (exact) mass is 326 g/mol. The Balaban J connectivity index is 1.38. The molecule has 114 valence electrons. The number of morpholine rings is 1. The number of anilines is 1. The van der Waals surface area contributed by atoms with E-state index in [4.69, 9.17) is 9.15 Å². The van der Waals surface area contributed by atoms with Crippen LogP contribution in [0.15, 0.2) is 27.2 Å². The van der Waals surface area contributed by atoms with Crippen LogP contribution in [0.1, 0.15) is 5.76 Å². The van der Waals surface area contributed by atoms with Crippen LogP contribution in [0.3, 0.4) is 0 Å². The first-order chi connectivity index (χ1) is 10.4. The van der Waals surface area contributed by atoms with E-state index < -0.39 is 0 Å². The Morgan fingerprint density at radius 2 is 2.24 bits per heavy atom. The number of aromatic nitrogens is 2. The second kappa shape index (κ2) is 7.79. The molecule has 21 heavy (non-hydrogen) atoms. The van der Waals surface area contributed by atoms with Crippen molar-refractivity contribution in [2.75, 3.05) is 43.9 Å². The van der Waals surface area contributed by atoms with Crippen LogP contribution in [-0.2, 0) is 11.3 Å². The molecule has 1 N–H and O–H groups in total. The minimum absolute atomic E-state index is 0.639. The average molecular weight is 326 g/mol. The SMILES string of the molecule is c1coc(CNc2nnc(SCCN3CCOCC3)s2)c1. The van der Waals surface area contributed by atoms with Crippen molar-refractivity contribution in [3.8, 4) is 0 Å². The fourth-order valence-corrected chi connectivity index (χ4v) is 3.82. The van der Waals surface area contributed by atoms with Gasteiger partial charge in [-0.1, -0.05) is 23.1 Å². The molecule has 0 amide bonds. The third kappa shape index (κ3) is 4.70. The van der Waals surface area contributed by atoms with Crippen molar-refractivity contribution < 1.29 is 9.15 Å². The second-order valence-corrected chi connectivity index (χ2v) is 6.93. The molecule has 1 fully saturated rings. The summed E-state index contributed by atoms with van der Waals surface area (Å²) in [7, 11) is 0. The summed E-state index contributed by atoms with van der Waals surface area (Å²) in [6, 6.07) is 3.82. The van der Waals surface area contributed by atoms with E-state index in [2.05, 4.69) is 20.4 Å².